The molecular formula is C22H25F3N2O3. The minimum Gasteiger partial charge on any atom is -0.497 e. The smallest absolute Gasteiger partial charge is 0.254 e. The zero-order valence-electron chi connectivity index (χ0n) is 16.7. The monoisotopic (exact) mass is 422 g/mol. The van der Waals surface area contributed by atoms with Gasteiger partial charge in [-0.1, -0.05) is 12.1 Å². The molecule has 0 aliphatic heterocycles. The molecule has 1 aliphatic carbocycles. The van der Waals surface area contributed by atoms with Crippen molar-refractivity contribution in [3.05, 3.63) is 58.9 Å². The molecule has 5 nitrogen and oxygen atoms in total. The lowest BCUT2D eigenvalue weighted by atomic mass is 9.86. The fourth-order valence-electron chi connectivity index (χ4n) is 3.48. The Bertz CT molecular complexity index is 882. The number of benzene rings is 2. The summed E-state index contributed by atoms with van der Waals surface area (Å²) in [6.45, 7) is 0.136. The first-order valence-corrected chi connectivity index (χ1v) is 9.86. The van der Waals surface area contributed by atoms with Crippen LogP contribution in [0.4, 0.5) is 13.2 Å². The molecule has 30 heavy (non-hydrogen) atoms. The maximum atomic E-state index is 14.4. The molecule has 2 aromatic rings. The van der Waals surface area contributed by atoms with Crippen molar-refractivity contribution in [2.24, 2.45) is 11.7 Å². The van der Waals surface area contributed by atoms with Crippen molar-refractivity contribution in [2.45, 2.75) is 38.3 Å². The zero-order valence-corrected chi connectivity index (χ0v) is 16.7. The van der Waals surface area contributed by atoms with Gasteiger partial charge in [-0.15, -0.1) is 0 Å². The average molecular weight is 422 g/mol. The molecule has 8 heteroatoms. The predicted octanol–water partition coefficient (Wildman–Crippen LogP) is 3.94. The summed E-state index contributed by atoms with van der Waals surface area (Å²) >= 11 is 0. The Kier molecular flexibility index (Phi) is 7.20. The molecule has 0 radical (unpaired) electrons. The number of halogens is 3. The molecule has 0 spiro atoms. The molecule has 1 fully saturated rings. The van der Waals surface area contributed by atoms with Crippen molar-refractivity contribution >= 4 is 5.91 Å². The molecule has 0 unspecified atom stereocenters. The fourth-order valence-corrected chi connectivity index (χ4v) is 3.48. The highest BCUT2D eigenvalue weighted by Gasteiger charge is 2.25. The van der Waals surface area contributed by atoms with Crippen LogP contribution >= 0.6 is 0 Å². The van der Waals surface area contributed by atoms with Gasteiger partial charge in [0.25, 0.3) is 5.91 Å². The Morgan fingerprint density at radius 3 is 2.40 bits per heavy atom. The number of ether oxygens (including phenoxy) is 2. The van der Waals surface area contributed by atoms with E-state index in [-0.39, 0.29) is 18.6 Å². The maximum absolute atomic E-state index is 14.4. The van der Waals surface area contributed by atoms with E-state index in [1.54, 1.807) is 24.3 Å². The minimum absolute atomic E-state index is 0.169. The van der Waals surface area contributed by atoms with Crippen LogP contribution in [-0.4, -0.2) is 25.6 Å². The summed E-state index contributed by atoms with van der Waals surface area (Å²) in [4.78, 5) is 12.3. The van der Waals surface area contributed by atoms with Gasteiger partial charge in [0.15, 0.2) is 17.4 Å². The molecule has 0 atom stereocenters. The first kappa shape index (κ1) is 22.0. The second-order valence-electron chi connectivity index (χ2n) is 7.49. The van der Waals surface area contributed by atoms with Crippen molar-refractivity contribution < 1.29 is 27.4 Å². The van der Waals surface area contributed by atoms with Crippen molar-refractivity contribution in [2.75, 3.05) is 13.7 Å². The van der Waals surface area contributed by atoms with Crippen LogP contribution in [0.15, 0.2) is 30.3 Å². The summed E-state index contributed by atoms with van der Waals surface area (Å²) in [5.74, 6) is -4.99. The largest absolute Gasteiger partial charge is 0.497 e. The Balaban J connectivity index is 1.65. The van der Waals surface area contributed by atoms with E-state index in [4.69, 9.17) is 15.2 Å². The van der Waals surface area contributed by atoms with Gasteiger partial charge < -0.3 is 20.5 Å². The van der Waals surface area contributed by atoms with E-state index in [0.717, 1.165) is 25.7 Å². The summed E-state index contributed by atoms with van der Waals surface area (Å²) in [5.41, 5.74) is 5.78. The van der Waals surface area contributed by atoms with Crippen molar-refractivity contribution in [3.63, 3.8) is 0 Å². The molecular weight excluding hydrogens is 397 g/mol. The van der Waals surface area contributed by atoms with Gasteiger partial charge in [0.1, 0.15) is 12.4 Å². The van der Waals surface area contributed by atoms with Crippen LogP contribution in [0, 0.1) is 23.4 Å². The quantitative estimate of drug-likeness (QED) is 0.663. The normalized spacial score (nSPS) is 18.7. The Morgan fingerprint density at radius 1 is 1.10 bits per heavy atom. The standard InChI is InChI=1S/C22H25F3N2O3/c1-29-16-8-4-14(5-9-16)12-30-21-18(23)10-17(19(24)20(21)25)22(28)27-11-13-2-6-15(26)7-3-13/h4-5,8-10,13,15H,2-3,6-7,11-12,26H2,1H3,(H,27,28). The highest BCUT2D eigenvalue weighted by molar-refractivity contribution is 5.94. The molecule has 0 bridgehead atoms. The van der Waals surface area contributed by atoms with Gasteiger partial charge in [-0.2, -0.15) is 4.39 Å². The van der Waals surface area contributed by atoms with Crippen LogP contribution in [0.5, 0.6) is 11.5 Å². The molecule has 1 aliphatic rings. The zero-order chi connectivity index (χ0) is 21.7. The lowest BCUT2D eigenvalue weighted by Crippen LogP contribution is -2.34. The SMILES string of the molecule is COc1ccc(COc2c(F)cc(C(=O)NCC3CCC(N)CC3)c(F)c2F)cc1. The van der Waals surface area contributed by atoms with Gasteiger partial charge in [0, 0.05) is 12.6 Å². The number of rotatable bonds is 7. The summed E-state index contributed by atoms with van der Waals surface area (Å²) in [6.07, 6.45) is 3.42. The van der Waals surface area contributed by atoms with Gasteiger partial charge in [-0.3, -0.25) is 4.79 Å². The molecule has 162 valence electrons. The Hall–Kier alpha value is -2.74. The summed E-state index contributed by atoms with van der Waals surface area (Å²) < 4.78 is 53.3. The highest BCUT2D eigenvalue weighted by atomic mass is 19.2. The highest BCUT2D eigenvalue weighted by Crippen LogP contribution is 2.28. The van der Waals surface area contributed by atoms with E-state index in [0.29, 0.717) is 23.9 Å². The van der Waals surface area contributed by atoms with Crippen LogP contribution in [0.25, 0.3) is 0 Å². The van der Waals surface area contributed by atoms with Crippen molar-refractivity contribution in [3.8, 4) is 11.5 Å². The first-order chi connectivity index (χ1) is 14.4. The molecule has 0 heterocycles. The number of carbonyl (C=O) groups is 1. The van der Waals surface area contributed by atoms with E-state index in [2.05, 4.69) is 5.32 Å². The van der Waals surface area contributed by atoms with Crippen LogP contribution < -0.4 is 20.5 Å². The van der Waals surface area contributed by atoms with Crippen LogP contribution in [0.1, 0.15) is 41.6 Å². The Morgan fingerprint density at radius 2 is 1.77 bits per heavy atom. The second-order valence-corrected chi connectivity index (χ2v) is 7.49. The number of nitrogens with two attached hydrogens (primary N) is 1. The van der Waals surface area contributed by atoms with Crippen LogP contribution in [-0.2, 0) is 6.61 Å². The maximum Gasteiger partial charge on any atom is 0.254 e. The number of methoxy groups -OCH3 is 1. The molecule has 0 aromatic heterocycles. The molecule has 3 rings (SSSR count). The third-order valence-corrected chi connectivity index (χ3v) is 5.35. The van der Waals surface area contributed by atoms with Gasteiger partial charge in [-0.25, -0.2) is 8.78 Å². The van der Waals surface area contributed by atoms with E-state index >= 15 is 0 Å². The van der Waals surface area contributed by atoms with Gasteiger partial charge in [0.05, 0.1) is 12.7 Å². The van der Waals surface area contributed by atoms with Crippen LogP contribution in [0.2, 0.25) is 0 Å². The third-order valence-electron chi connectivity index (χ3n) is 5.35. The van der Waals surface area contributed by atoms with Gasteiger partial charge in [0.2, 0.25) is 5.82 Å². The average Bonchev–Trinajstić information content (AvgIpc) is 2.76. The third kappa shape index (κ3) is 5.24. The number of carbonyl (C=O) groups excluding carboxylic acids is 1. The van der Waals surface area contributed by atoms with Crippen LogP contribution in [0.3, 0.4) is 0 Å². The van der Waals surface area contributed by atoms with Crippen molar-refractivity contribution in [1.82, 2.24) is 5.32 Å². The number of hydrogen-bond donors (Lipinski definition) is 2. The summed E-state index contributed by atoms with van der Waals surface area (Å²) in [5, 5.41) is 2.56. The number of amides is 1. The van der Waals surface area contributed by atoms with Gasteiger partial charge >= 0.3 is 0 Å². The van der Waals surface area contributed by atoms with Gasteiger partial charge in [-0.05, 0) is 55.4 Å². The van der Waals surface area contributed by atoms with E-state index in [9.17, 15) is 18.0 Å². The molecule has 1 amide bonds. The predicted molar refractivity (Wildman–Crippen MR) is 106 cm³/mol. The minimum atomic E-state index is -1.53. The lowest BCUT2D eigenvalue weighted by molar-refractivity contribution is 0.0937. The van der Waals surface area contributed by atoms with E-state index in [1.165, 1.54) is 7.11 Å². The molecule has 2 aromatic carbocycles. The molecule has 1 saturated carbocycles. The lowest BCUT2D eigenvalue weighted by Gasteiger charge is -2.26. The number of nitrogens with one attached hydrogen (secondary N) is 1. The van der Waals surface area contributed by atoms with E-state index in [1.807, 2.05) is 0 Å². The topological polar surface area (TPSA) is 73.6 Å². The Labute approximate surface area is 173 Å². The summed E-state index contributed by atoms with van der Waals surface area (Å²) in [7, 11) is 1.52. The fraction of sp³-hybridized carbons (Fsp3) is 0.409. The first-order valence-electron chi connectivity index (χ1n) is 9.86. The van der Waals surface area contributed by atoms with E-state index < -0.39 is 34.7 Å². The number of hydrogen-bond acceptors (Lipinski definition) is 4. The molecule has 0 saturated heterocycles. The molecule has 3 N–H and O–H groups in total. The van der Waals surface area contributed by atoms with Crippen molar-refractivity contribution in [1.29, 1.82) is 0 Å². The summed E-state index contributed by atoms with van der Waals surface area (Å²) in [6, 6.07) is 7.48. The second kappa shape index (κ2) is 9.84.